The second kappa shape index (κ2) is 10.4. The molecule has 0 radical (unpaired) electrons. The van der Waals surface area contributed by atoms with Crippen molar-refractivity contribution in [2.24, 2.45) is 0 Å². The van der Waals surface area contributed by atoms with Crippen LogP contribution in [0.25, 0.3) is 4.85 Å². The summed E-state index contributed by atoms with van der Waals surface area (Å²) < 4.78 is 2.38. The lowest BCUT2D eigenvalue weighted by atomic mass is 9.95. The Morgan fingerprint density at radius 3 is 2.64 bits per heavy atom. The van der Waals surface area contributed by atoms with E-state index in [2.05, 4.69) is 71.2 Å². The zero-order valence-electron chi connectivity index (χ0n) is 20.9. The van der Waals surface area contributed by atoms with Gasteiger partial charge in [-0.15, -0.1) is 20.4 Å². The van der Waals surface area contributed by atoms with E-state index in [1.165, 1.54) is 24.2 Å². The van der Waals surface area contributed by atoms with Crippen molar-refractivity contribution in [2.45, 2.75) is 89.4 Å². The predicted molar refractivity (Wildman–Crippen MR) is 135 cm³/mol. The number of aromatic amines is 1. The van der Waals surface area contributed by atoms with Crippen LogP contribution in [0.3, 0.4) is 0 Å². The van der Waals surface area contributed by atoms with E-state index in [9.17, 15) is 4.79 Å². The second-order valence-electron chi connectivity index (χ2n) is 10.1. The molecule has 2 N–H and O–H groups in total. The van der Waals surface area contributed by atoms with Gasteiger partial charge in [-0.25, -0.2) is 4.85 Å². The molecule has 12 heteroatoms. The molecule has 3 atom stereocenters. The zero-order chi connectivity index (χ0) is 25.2. The standard InChI is InChI=1S/C24H32N10OS/c1-14(2)24-30-27-15(3)34(24)18-11-16-5-6-17(12-18)33(16)10-9-19(20-7-8-23(25-4)36-20)26-22(35)13-21-28-31-32-29-21/h7-8,14,16-19H,5-6,9-13H2,1-3H3,(H,26,35)(H,28,29,31,32)/t16?,17?,18?,19-/m0/s1. The van der Waals surface area contributed by atoms with Crippen LogP contribution in [0.5, 0.6) is 0 Å². The number of nitrogens with one attached hydrogen (secondary N) is 2. The van der Waals surface area contributed by atoms with Crippen LogP contribution in [0.4, 0.5) is 5.00 Å². The van der Waals surface area contributed by atoms with Crippen LogP contribution < -0.4 is 5.32 Å². The van der Waals surface area contributed by atoms with Crippen LogP contribution in [-0.2, 0) is 11.2 Å². The lowest BCUT2D eigenvalue weighted by Gasteiger charge is -2.40. The number of hydrogen-bond donors (Lipinski definition) is 2. The van der Waals surface area contributed by atoms with Gasteiger partial charge in [0.25, 0.3) is 0 Å². The molecule has 0 aliphatic carbocycles. The Balaban J connectivity index is 1.26. The first kappa shape index (κ1) is 24.5. The highest BCUT2D eigenvalue weighted by Gasteiger charge is 2.42. The molecule has 1 amide bonds. The van der Waals surface area contributed by atoms with Gasteiger partial charge >= 0.3 is 0 Å². The highest BCUT2D eigenvalue weighted by molar-refractivity contribution is 7.16. The molecule has 36 heavy (non-hydrogen) atoms. The largest absolute Gasteiger partial charge is 0.348 e. The molecule has 2 unspecified atom stereocenters. The number of aryl methyl sites for hydroxylation is 1. The minimum absolute atomic E-state index is 0.0706. The third-order valence-corrected chi connectivity index (χ3v) is 8.51. The van der Waals surface area contributed by atoms with Crippen molar-refractivity contribution in [1.29, 1.82) is 0 Å². The van der Waals surface area contributed by atoms with E-state index in [1.807, 2.05) is 12.1 Å². The smallest absolute Gasteiger partial charge is 0.241 e. The maximum atomic E-state index is 12.7. The molecule has 2 aliphatic rings. The molecule has 11 nitrogen and oxygen atoms in total. The topological polar surface area (TPSA) is 122 Å². The summed E-state index contributed by atoms with van der Waals surface area (Å²) in [7, 11) is 0. The van der Waals surface area contributed by atoms with E-state index >= 15 is 0 Å². The average Bonchev–Trinajstić information content (AvgIpc) is 3.64. The van der Waals surface area contributed by atoms with Gasteiger partial charge < -0.3 is 9.88 Å². The van der Waals surface area contributed by atoms with Gasteiger partial charge in [0, 0.05) is 35.5 Å². The fourth-order valence-corrected chi connectivity index (χ4v) is 6.73. The summed E-state index contributed by atoms with van der Waals surface area (Å²) in [4.78, 5) is 19.9. The van der Waals surface area contributed by atoms with Crippen LogP contribution >= 0.6 is 11.3 Å². The number of H-pyrrole nitrogens is 1. The molecule has 5 rings (SSSR count). The first-order valence-electron chi connectivity index (χ1n) is 12.6. The molecule has 2 fully saturated rings. The van der Waals surface area contributed by atoms with Crippen molar-refractivity contribution < 1.29 is 4.79 Å². The van der Waals surface area contributed by atoms with Gasteiger partial charge in [0.2, 0.25) is 10.9 Å². The van der Waals surface area contributed by atoms with E-state index in [4.69, 9.17) is 6.57 Å². The van der Waals surface area contributed by atoms with Gasteiger partial charge in [0.05, 0.1) is 19.0 Å². The van der Waals surface area contributed by atoms with E-state index in [1.54, 1.807) is 0 Å². The average molecular weight is 509 g/mol. The number of piperidine rings is 1. The molecule has 190 valence electrons. The molecule has 2 aliphatic heterocycles. The SMILES string of the molecule is [C-]#[N+]c1ccc([C@H](CCN2C3CCC2CC(n2c(C)nnc2C(C)C)C3)NC(=O)Cc2nn[nH]n2)s1. The van der Waals surface area contributed by atoms with Crippen LogP contribution in [0.15, 0.2) is 12.1 Å². The number of hydrogen-bond acceptors (Lipinski definition) is 8. The fraction of sp³-hybridized carbons (Fsp3) is 0.625. The van der Waals surface area contributed by atoms with Crippen LogP contribution in [0.2, 0.25) is 0 Å². The van der Waals surface area contributed by atoms with Gasteiger partial charge in [0.15, 0.2) is 5.82 Å². The predicted octanol–water partition coefficient (Wildman–Crippen LogP) is 3.49. The van der Waals surface area contributed by atoms with Crippen molar-refractivity contribution >= 4 is 22.2 Å². The maximum Gasteiger partial charge on any atom is 0.241 e. The number of aromatic nitrogens is 7. The first-order valence-corrected chi connectivity index (χ1v) is 13.4. The first-order chi connectivity index (χ1) is 17.4. The lowest BCUT2D eigenvalue weighted by Crippen LogP contribution is -2.45. The monoisotopic (exact) mass is 508 g/mol. The van der Waals surface area contributed by atoms with Crippen molar-refractivity contribution in [3.63, 3.8) is 0 Å². The zero-order valence-corrected chi connectivity index (χ0v) is 21.7. The summed E-state index contributed by atoms with van der Waals surface area (Å²) in [6.45, 7) is 14.7. The number of tetrazole rings is 1. The highest BCUT2D eigenvalue weighted by atomic mass is 32.1. The third-order valence-electron chi connectivity index (χ3n) is 7.42. The number of thiophene rings is 1. The molecule has 2 bridgehead atoms. The number of amides is 1. The Labute approximate surface area is 214 Å². The number of carbonyl (C=O) groups excluding carboxylic acids is 1. The summed E-state index contributed by atoms with van der Waals surface area (Å²) in [6, 6.07) is 5.11. The fourth-order valence-electron chi connectivity index (χ4n) is 5.85. The van der Waals surface area contributed by atoms with E-state index in [0.717, 1.165) is 42.3 Å². The van der Waals surface area contributed by atoms with Gasteiger partial charge in [-0.3, -0.25) is 9.69 Å². The normalized spacial score (nSPS) is 22.6. The van der Waals surface area contributed by atoms with Gasteiger partial charge in [0.1, 0.15) is 11.6 Å². The van der Waals surface area contributed by atoms with Crippen LogP contribution in [-0.4, -0.2) is 64.8 Å². The molecule has 2 saturated heterocycles. The summed E-state index contributed by atoms with van der Waals surface area (Å²) in [5.74, 6) is 2.66. The Kier molecular flexibility index (Phi) is 7.11. The van der Waals surface area contributed by atoms with E-state index < -0.39 is 0 Å². The Morgan fingerprint density at radius 2 is 2.00 bits per heavy atom. The van der Waals surface area contributed by atoms with E-state index in [0.29, 0.717) is 34.9 Å². The van der Waals surface area contributed by atoms with E-state index in [-0.39, 0.29) is 18.4 Å². The summed E-state index contributed by atoms with van der Waals surface area (Å²) in [5.41, 5.74) is 0. The summed E-state index contributed by atoms with van der Waals surface area (Å²) >= 11 is 1.44. The molecular formula is C24H32N10OS. The molecule has 0 saturated carbocycles. The number of fused-ring (bicyclic) bond motifs is 2. The Bertz CT molecular complexity index is 1210. The minimum atomic E-state index is -0.158. The van der Waals surface area contributed by atoms with Crippen molar-refractivity contribution in [2.75, 3.05) is 6.54 Å². The second-order valence-corrected chi connectivity index (χ2v) is 11.2. The number of carbonyl (C=O) groups is 1. The Hall–Kier alpha value is -3.17. The third kappa shape index (κ3) is 5.03. The Morgan fingerprint density at radius 1 is 1.22 bits per heavy atom. The highest BCUT2D eigenvalue weighted by Crippen LogP contribution is 2.42. The number of nitrogens with zero attached hydrogens (tertiary/aromatic N) is 8. The summed E-state index contributed by atoms with van der Waals surface area (Å²) in [5, 5.41) is 26.3. The quantitative estimate of drug-likeness (QED) is 0.424. The van der Waals surface area contributed by atoms with Gasteiger partial charge in [-0.2, -0.15) is 16.6 Å². The minimum Gasteiger partial charge on any atom is -0.348 e. The summed E-state index contributed by atoms with van der Waals surface area (Å²) in [6.07, 6.45) is 5.47. The van der Waals surface area contributed by atoms with Crippen molar-refractivity contribution in [3.8, 4) is 0 Å². The van der Waals surface area contributed by atoms with Gasteiger partial charge in [-0.1, -0.05) is 25.1 Å². The van der Waals surface area contributed by atoms with Crippen molar-refractivity contribution in [1.82, 2.24) is 45.6 Å². The van der Waals surface area contributed by atoms with Crippen LogP contribution in [0.1, 0.15) is 86.3 Å². The molecule has 0 aromatic carbocycles. The molecule has 3 aromatic rings. The molecule has 3 aromatic heterocycles. The maximum absolute atomic E-state index is 12.7. The molecule has 0 spiro atoms. The lowest BCUT2D eigenvalue weighted by molar-refractivity contribution is -0.121. The number of rotatable bonds is 9. The van der Waals surface area contributed by atoms with Gasteiger partial charge in [-0.05, 0) is 45.1 Å². The molecule has 5 heterocycles. The van der Waals surface area contributed by atoms with Crippen molar-refractivity contribution in [3.05, 3.63) is 45.9 Å². The molecular weight excluding hydrogens is 476 g/mol. The van der Waals surface area contributed by atoms with Crippen LogP contribution in [0, 0.1) is 13.5 Å².